The smallest absolute Gasteiger partial charge is 0.344 e. The lowest BCUT2D eigenvalue weighted by molar-refractivity contribution is -0.131. The first-order valence-corrected chi connectivity index (χ1v) is 9.50. The summed E-state index contributed by atoms with van der Waals surface area (Å²) < 4.78 is 27.3. The van der Waals surface area contributed by atoms with Gasteiger partial charge < -0.3 is 28.8 Å². The van der Waals surface area contributed by atoms with E-state index in [1.807, 2.05) is 0 Å². The molecule has 2 aromatic rings. The zero-order chi connectivity index (χ0) is 22.0. The molecule has 10 nitrogen and oxygen atoms in total. The van der Waals surface area contributed by atoms with Crippen LogP contribution in [0.2, 0.25) is 0 Å². The number of nitrogens with zero attached hydrogens (tertiary/aromatic N) is 1. The standard InChI is InChI=1S/C21H19NO9/c1-11(23)29-14-7-3-2-5-12(14)20(25)30-15-9-27-18-16(10-28-17(15)18)31-21(26)13-6-4-8-22-19(13)24/h2-8,15-18H,9-10H2,1H3,(H,22,24)/t15-,16+,17+,18+/m0/s1. The van der Waals surface area contributed by atoms with Crippen molar-refractivity contribution in [3.8, 4) is 11.6 Å². The van der Waals surface area contributed by atoms with Crippen molar-refractivity contribution in [2.24, 2.45) is 0 Å². The van der Waals surface area contributed by atoms with Gasteiger partial charge in [0.15, 0.2) is 12.2 Å². The van der Waals surface area contributed by atoms with Gasteiger partial charge in [-0.25, -0.2) is 14.6 Å². The lowest BCUT2D eigenvalue weighted by atomic mass is 10.1. The monoisotopic (exact) mass is 429 g/mol. The van der Waals surface area contributed by atoms with Crippen molar-refractivity contribution in [1.29, 1.82) is 0 Å². The van der Waals surface area contributed by atoms with Gasteiger partial charge in [-0.1, -0.05) is 12.1 Å². The third-order valence-corrected chi connectivity index (χ3v) is 4.85. The number of carbonyl (C=O) groups is 3. The van der Waals surface area contributed by atoms with Crippen molar-refractivity contribution in [1.82, 2.24) is 4.98 Å². The van der Waals surface area contributed by atoms with Gasteiger partial charge in [0.25, 0.3) is 0 Å². The summed E-state index contributed by atoms with van der Waals surface area (Å²) in [6.07, 6.45) is -1.40. The molecule has 2 aliphatic rings. The van der Waals surface area contributed by atoms with Crippen molar-refractivity contribution in [3.63, 3.8) is 0 Å². The maximum Gasteiger partial charge on any atom is 0.344 e. The predicted molar refractivity (Wildman–Crippen MR) is 102 cm³/mol. The van der Waals surface area contributed by atoms with Gasteiger partial charge in [-0.3, -0.25) is 4.79 Å². The number of para-hydroxylation sites is 1. The van der Waals surface area contributed by atoms with Crippen LogP contribution >= 0.6 is 0 Å². The lowest BCUT2D eigenvalue weighted by Crippen LogP contribution is -2.36. The molecule has 31 heavy (non-hydrogen) atoms. The van der Waals surface area contributed by atoms with Crippen LogP contribution in [0.5, 0.6) is 11.6 Å². The molecule has 3 heterocycles. The van der Waals surface area contributed by atoms with Crippen molar-refractivity contribution in [2.45, 2.75) is 31.3 Å². The van der Waals surface area contributed by atoms with Gasteiger partial charge in [-0.15, -0.1) is 0 Å². The number of rotatable bonds is 5. The minimum Gasteiger partial charge on any atom is -0.493 e. The summed E-state index contributed by atoms with van der Waals surface area (Å²) in [5.41, 5.74) is 0.0168. The van der Waals surface area contributed by atoms with Crippen molar-refractivity contribution in [2.75, 3.05) is 13.2 Å². The molecular weight excluding hydrogens is 410 g/mol. The number of pyridine rings is 1. The minimum atomic E-state index is -0.765. The molecule has 0 spiro atoms. The highest BCUT2D eigenvalue weighted by molar-refractivity contribution is 5.93. The van der Waals surface area contributed by atoms with Crippen LogP contribution in [0.15, 0.2) is 42.6 Å². The summed E-state index contributed by atoms with van der Waals surface area (Å²) in [4.78, 5) is 39.8. The van der Waals surface area contributed by atoms with E-state index in [1.165, 1.54) is 37.4 Å². The van der Waals surface area contributed by atoms with E-state index in [2.05, 4.69) is 4.98 Å². The lowest BCUT2D eigenvalue weighted by Gasteiger charge is -2.18. The molecule has 0 amide bonds. The third-order valence-electron chi connectivity index (χ3n) is 4.85. The number of aromatic hydroxyl groups is 1. The zero-order valence-electron chi connectivity index (χ0n) is 16.4. The molecule has 2 aliphatic heterocycles. The highest BCUT2D eigenvalue weighted by Gasteiger charge is 2.51. The van der Waals surface area contributed by atoms with Gasteiger partial charge in [0.2, 0.25) is 5.88 Å². The summed E-state index contributed by atoms with van der Waals surface area (Å²) in [6.45, 7) is 1.32. The number of esters is 3. The molecule has 2 saturated heterocycles. The quantitative estimate of drug-likeness (QED) is 0.547. The Bertz CT molecular complexity index is 1010. The molecule has 0 aliphatic carbocycles. The Labute approximate surface area is 176 Å². The number of benzene rings is 1. The SMILES string of the molecule is CC(=O)Oc1ccccc1C(=O)O[C@H]1CO[C@H]2[C@@H]1OC[C@H]2OC(=O)c1cccnc1O. The molecule has 4 atom stereocenters. The maximum absolute atomic E-state index is 12.6. The van der Waals surface area contributed by atoms with Crippen LogP contribution in [-0.4, -0.2) is 65.6 Å². The van der Waals surface area contributed by atoms with Crippen LogP contribution in [-0.2, 0) is 23.7 Å². The molecule has 1 aromatic heterocycles. The second-order valence-corrected chi connectivity index (χ2v) is 6.95. The summed E-state index contributed by atoms with van der Waals surface area (Å²) in [5.74, 6) is -2.37. The number of hydrogen-bond donors (Lipinski definition) is 1. The van der Waals surface area contributed by atoms with Gasteiger partial charge in [0.1, 0.15) is 29.1 Å². The normalized spacial score (nSPS) is 24.3. The number of ether oxygens (including phenoxy) is 5. The van der Waals surface area contributed by atoms with Gasteiger partial charge >= 0.3 is 17.9 Å². The second-order valence-electron chi connectivity index (χ2n) is 6.95. The van der Waals surface area contributed by atoms with Crippen molar-refractivity contribution < 1.29 is 43.2 Å². The molecule has 1 N–H and O–H groups in total. The fourth-order valence-corrected chi connectivity index (χ4v) is 3.47. The molecule has 0 unspecified atom stereocenters. The second kappa shape index (κ2) is 8.70. The van der Waals surface area contributed by atoms with Crippen molar-refractivity contribution in [3.05, 3.63) is 53.7 Å². The number of aromatic nitrogens is 1. The predicted octanol–water partition coefficient (Wildman–Crippen LogP) is 1.26. The van der Waals surface area contributed by atoms with Gasteiger partial charge in [0.05, 0.1) is 13.2 Å². The minimum absolute atomic E-state index is 0.0418. The van der Waals surface area contributed by atoms with E-state index in [4.69, 9.17) is 23.7 Å². The first-order valence-electron chi connectivity index (χ1n) is 9.50. The van der Waals surface area contributed by atoms with Gasteiger partial charge in [-0.2, -0.15) is 0 Å². The van der Waals surface area contributed by atoms with Crippen LogP contribution in [0.1, 0.15) is 27.6 Å². The Morgan fingerprint density at radius 3 is 2.13 bits per heavy atom. The summed E-state index contributed by atoms with van der Waals surface area (Å²) in [7, 11) is 0. The van der Waals surface area contributed by atoms with E-state index in [0.29, 0.717) is 0 Å². The first-order chi connectivity index (χ1) is 14.9. The van der Waals surface area contributed by atoms with Crippen LogP contribution < -0.4 is 4.74 Å². The topological polar surface area (TPSA) is 130 Å². The Morgan fingerprint density at radius 1 is 0.935 bits per heavy atom. The fourth-order valence-electron chi connectivity index (χ4n) is 3.47. The van der Waals surface area contributed by atoms with Gasteiger partial charge in [0, 0.05) is 13.1 Å². The maximum atomic E-state index is 12.6. The summed E-state index contributed by atoms with van der Waals surface area (Å²) in [5, 5.41) is 9.71. The van der Waals surface area contributed by atoms with E-state index >= 15 is 0 Å². The molecule has 10 heteroatoms. The molecule has 2 fully saturated rings. The summed E-state index contributed by atoms with van der Waals surface area (Å²) in [6, 6.07) is 9.10. The molecule has 4 rings (SSSR count). The molecule has 0 saturated carbocycles. The summed E-state index contributed by atoms with van der Waals surface area (Å²) >= 11 is 0. The average Bonchev–Trinajstić information content (AvgIpc) is 3.31. The van der Waals surface area contributed by atoms with E-state index in [1.54, 1.807) is 12.1 Å². The van der Waals surface area contributed by atoms with Crippen LogP contribution in [0, 0.1) is 0 Å². The number of carbonyl (C=O) groups excluding carboxylic acids is 3. The Hall–Kier alpha value is -3.50. The highest BCUT2D eigenvalue weighted by atomic mass is 16.7. The zero-order valence-corrected chi connectivity index (χ0v) is 16.4. The molecule has 162 valence electrons. The van der Waals surface area contributed by atoms with E-state index in [9.17, 15) is 19.5 Å². The molecule has 0 bridgehead atoms. The van der Waals surface area contributed by atoms with Gasteiger partial charge in [-0.05, 0) is 24.3 Å². The fraction of sp³-hybridized carbons (Fsp3) is 0.333. The Kier molecular flexibility index (Phi) is 5.83. The first kappa shape index (κ1) is 20.8. The highest BCUT2D eigenvalue weighted by Crippen LogP contribution is 2.32. The van der Waals surface area contributed by atoms with E-state index in [0.717, 1.165) is 0 Å². The molecular formula is C21H19NO9. The van der Waals surface area contributed by atoms with E-state index < -0.39 is 48.2 Å². The molecule has 0 radical (unpaired) electrons. The van der Waals surface area contributed by atoms with Crippen molar-refractivity contribution >= 4 is 17.9 Å². The Morgan fingerprint density at radius 2 is 1.52 bits per heavy atom. The number of hydrogen-bond acceptors (Lipinski definition) is 10. The number of fused-ring (bicyclic) bond motifs is 1. The van der Waals surface area contributed by atoms with Crippen LogP contribution in [0.3, 0.4) is 0 Å². The Balaban J connectivity index is 1.40. The van der Waals surface area contributed by atoms with Crippen LogP contribution in [0.4, 0.5) is 0 Å². The van der Waals surface area contributed by atoms with E-state index in [-0.39, 0.29) is 30.1 Å². The average molecular weight is 429 g/mol. The van der Waals surface area contributed by atoms with Crippen LogP contribution in [0.25, 0.3) is 0 Å². The largest absolute Gasteiger partial charge is 0.493 e. The molecule has 1 aromatic carbocycles. The third kappa shape index (κ3) is 4.35.